The molecule has 0 saturated carbocycles. The molecule has 0 radical (unpaired) electrons. The van der Waals surface area contributed by atoms with E-state index in [1.807, 2.05) is 18.7 Å². The van der Waals surface area contributed by atoms with Crippen LogP contribution in [0.3, 0.4) is 0 Å². The summed E-state index contributed by atoms with van der Waals surface area (Å²) in [6.45, 7) is 5.37. The largest absolute Gasteiger partial charge is 0.336 e. The number of nitrogens with one attached hydrogen (secondary N) is 1. The predicted molar refractivity (Wildman–Crippen MR) is 95.3 cm³/mol. The Morgan fingerprint density at radius 1 is 1.38 bits per heavy atom. The van der Waals surface area contributed by atoms with Crippen LogP contribution in [0.2, 0.25) is 0 Å². The first-order valence-corrected chi connectivity index (χ1v) is 8.92. The van der Waals surface area contributed by atoms with E-state index in [0.717, 1.165) is 5.69 Å². The third-order valence-electron chi connectivity index (χ3n) is 4.95. The van der Waals surface area contributed by atoms with E-state index in [1.165, 1.54) is 0 Å². The van der Waals surface area contributed by atoms with Gasteiger partial charge in [0, 0.05) is 57.1 Å². The molecule has 2 aliphatic heterocycles. The van der Waals surface area contributed by atoms with Crippen LogP contribution in [0.25, 0.3) is 0 Å². The average Bonchev–Trinajstić information content (AvgIpc) is 3.28. The summed E-state index contributed by atoms with van der Waals surface area (Å²) < 4.78 is 0. The fraction of sp³-hybridized carbons (Fsp3) is 0.611. The van der Waals surface area contributed by atoms with E-state index in [9.17, 15) is 9.59 Å². The molecule has 138 valence electrons. The second kappa shape index (κ2) is 7.28. The van der Waals surface area contributed by atoms with Gasteiger partial charge in [-0.2, -0.15) is 15.3 Å². The van der Waals surface area contributed by atoms with Crippen LogP contribution in [0, 0.1) is 19.3 Å². The van der Waals surface area contributed by atoms with Gasteiger partial charge in [-0.3, -0.25) is 14.7 Å². The molecule has 3 heterocycles. The number of aromatic nitrogens is 2. The van der Waals surface area contributed by atoms with Gasteiger partial charge in [-0.05, 0) is 19.9 Å². The number of hydrogen-bond donors (Lipinski definition) is 1. The lowest BCUT2D eigenvalue weighted by atomic mass is 10.0. The van der Waals surface area contributed by atoms with Crippen molar-refractivity contribution in [3.8, 4) is 12.3 Å². The molecule has 0 unspecified atom stereocenters. The second-order valence-corrected chi connectivity index (χ2v) is 7.01. The summed E-state index contributed by atoms with van der Waals surface area (Å²) in [5.74, 6) is 2.57. The highest BCUT2D eigenvalue weighted by Crippen LogP contribution is 2.37. The number of nitrogens with zero attached hydrogens (tertiary/aromatic N) is 5. The number of hydrogen-bond acceptors (Lipinski definition) is 5. The summed E-state index contributed by atoms with van der Waals surface area (Å²) in [5.41, 5.74) is 0.840. The Labute approximate surface area is 153 Å². The smallest absolute Gasteiger partial charge is 0.274 e. The van der Waals surface area contributed by atoms with Crippen molar-refractivity contribution >= 4 is 11.8 Å². The third kappa shape index (κ3) is 3.93. The van der Waals surface area contributed by atoms with Gasteiger partial charge in [0.25, 0.3) is 5.91 Å². The number of terminal acetylenes is 1. The summed E-state index contributed by atoms with van der Waals surface area (Å²) in [4.78, 5) is 28.7. The molecular formula is C18H24N6O2. The molecule has 0 bridgehead atoms. The summed E-state index contributed by atoms with van der Waals surface area (Å²) in [6.07, 6.45) is 7.61. The van der Waals surface area contributed by atoms with Gasteiger partial charge in [0.1, 0.15) is 5.69 Å². The molecule has 2 amide bonds. The van der Waals surface area contributed by atoms with Crippen LogP contribution in [-0.4, -0.2) is 63.2 Å². The number of H-pyrrole nitrogens is 1. The molecular weight excluding hydrogens is 332 g/mol. The van der Waals surface area contributed by atoms with Gasteiger partial charge >= 0.3 is 0 Å². The summed E-state index contributed by atoms with van der Waals surface area (Å²) in [5, 5.41) is 15.0. The second-order valence-electron chi connectivity index (χ2n) is 7.01. The Bertz CT molecular complexity index is 756. The molecule has 26 heavy (non-hydrogen) atoms. The fourth-order valence-corrected chi connectivity index (χ4v) is 3.32. The highest BCUT2D eigenvalue weighted by molar-refractivity contribution is 5.92. The van der Waals surface area contributed by atoms with Crippen molar-refractivity contribution in [2.45, 2.75) is 51.2 Å². The maximum Gasteiger partial charge on any atom is 0.274 e. The van der Waals surface area contributed by atoms with E-state index < -0.39 is 5.66 Å². The maximum atomic E-state index is 12.6. The van der Waals surface area contributed by atoms with Crippen LogP contribution in [0.15, 0.2) is 16.3 Å². The molecule has 8 nitrogen and oxygen atoms in total. The highest BCUT2D eigenvalue weighted by Gasteiger charge is 2.40. The molecule has 0 aromatic carbocycles. The quantitative estimate of drug-likeness (QED) is 0.787. The molecule has 0 aliphatic carbocycles. The monoisotopic (exact) mass is 356 g/mol. The van der Waals surface area contributed by atoms with Crippen LogP contribution in [-0.2, 0) is 4.79 Å². The number of rotatable bonds is 6. The molecule has 1 saturated heterocycles. The Kier molecular flexibility index (Phi) is 5.07. The molecule has 8 heteroatoms. The van der Waals surface area contributed by atoms with E-state index in [2.05, 4.69) is 26.3 Å². The van der Waals surface area contributed by atoms with E-state index >= 15 is 0 Å². The van der Waals surface area contributed by atoms with Gasteiger partial charge in [-0.25, -0.2) is 0 Å². The third-order valence-corrected chi connectivity index (χ3v) is 4.95. The SMILES string of the molecule is C#CCCC1(CCC(=O)N2CCN(C(=O)c3cc(C)[nH]n3)C[C@H]2C)N=N1. The van der Waals surface area contributed by atoms with Crippen molar-refractivity contribution in [3.63, 3.8) is 0 Å². The molecule has 1 aromatic heterocycles. The minimum Gasteiger partial charge on any atom is -0.336 e. The van der Waals surface area contributed by atoms with E-state index in [-0.39, 0.29) is 17.9 Å². The average molecular weight is 356 g/mol. The summed E-state index contributed by atoms with van der Waals surface area (Å²) >= 11 is 0. The molecule has 1 aromatic rings. The van der Waals surface area contributed by atoms with Crippen molar-refractivity contribution in [2.24, 2.45) is 10.2 Å². The van der Waals surface area contributed by atoms with Gasteiger partial charge in [-0.1, -0.05) is 0 Å². The summed E-state index contributed by atoms with van der Waals surface area (Å²) in [7, 11) is 0. The number of carbonyl (C=O) groups is 2. The van der Waals surface area contributed by atoms with Crippen LogP contribution in [0.5, 0.6) is 0 Å². The molecule has 1 fully saturated rings. The van der Waals surface area contributed by atoms with Gasteiger partial charge in [0.2, 0.25) is 5.91 Å². The number of piperazine rings is 1. The predicted octanol–water partition coefficient (Wildman–Crippen LogP) is 1.75. The number of carbonyl (C=O) groups excluding carboxylic acids is 2. The van der Waals surface area contributed by atoms with Crippen molar-refractivity contribution in [1.82, 2.24) is 20.0 Å². The zero-order valence-electron chi connectivity index (χ0n) is 15.2. The Balaban J connectivity index is 1.50. The molecule has 2 aliphatic rings. The van der Waals surface area contributed by atoms with Gasteiger partial charge in [-0.15, -0.1) is 12.3 Å². The van der Waals surface area contributed by atoms with E-state index in [1.54, 1.807) is 11.0 Å². The first kappa shape index (κ1) is 18.1. The maximum absolute atomic E-state index is 12.6. The zero-order valence-corrected chi connectivity index (χ0v) is 15.2. The Morgan fingerprint density at radius 3 is 2.73 bits per heavy atom. The summed E-state index contributed by atoms with van der Waals surface area (Å²) in [6, 6.07) is 1.71. The Hall–Kier alpha value is -2.69. The van der Waals surface area contributed by atoms with Crippen LogP contribution >= 0.6 is 0 Å². The van der Waals surface area contributed by atoms with Crippen LogP contribution in [0.1, 0.15) is 48.8 Å². The van der Waals surface area contributed by atoms with Crippen LogP contribution in [0.4, 0.5) is 0 Å². The lowest BCUT2D eigenvalue weighted by molar-refractivity contribution is -0.135. The van der Waals surface area contributed by atoms with E-state index in [0.29, 0.717) is 51.0 Å². The van der Waals surface area contributed by atoms with Gasteiger partial charge < -0.3 is 9.80 Å². The van der Waals surface area contributed by atoms with Crippen molar-refractivity contribution in [1.29, 1.82) is 0 Å². The van der Waals surface area contributed by atoms with E-state index in [4.69, 9.17) is 6.42 Å². The molecule has 1 atom stereocenters. The van der Waals surface area contributed by atoms with Gasteiger partial charge in [0.05, 0.1) is 0 Å². The molecule has 3 rings (SSSR count). The highest BCUT2D eigenvalue weighted by atomic mass is 16.2. The number of aryl methyl sites for hydroxylation is 1. The zero-order chi connectivity index (χ0) is 18.7. The fourth-order valence-electron chi connectivity index (χ4n) is 3.32. The van der Waals surface area contributed by atoms with Crippen molar-refractivity contribution in [2.75, 3.05) is 19.6 Å². The van der Waals surface area contributed by atoms with Crippen molar-refractivity contribution in [3.05, 3.63) is 17.5 Å². The number of aromatic amines is 1. The topological polar surface area (TPSA) is 94.0 Å². The minimum absolute atomic E-state index is 0.0324. The van der Waals surface area contributed by atoms with Gasteiger partial charge in [0.15, 0.2) is 5.66 Å². The minimum atomic E-state index is -0.430. The number of amides is 2. The molecule has 1 N–H and O–H groups in total. The van der Waals surface area contributed by atoms with Crippen molar-refractivity contribution < 1.29 is 9.59 Å². The first-order valence-electron chi connectivity index (χ1n) is 8.92. The Morgan fingerprint density at radius 2 is 2.15 bits per heavy atom. The lowest BCUT2D eigenvalue weighted by Gasteiger charge is -2.39. The molecule has 0 spiro atoms. The lowest BCUT2D eigenvalue weighted by Crippen LogP contribution is -2.55. The first-order chi connectivity index (χ1) is 12.4. The normalized spacial score (nSPS) is 20.7. The van der Waals surface area contributed by atoms with Crippen LogP contribution < -0.4 is 0 Å². The standard InChI is InChI=1S/C18H24N6O2/c1-4-5-7-18(21-22-18)8-6-16(25)24-10-9-23(12-14(24)3)17(26)15-11-13(2)19-20-15/h1,11,14H,5-10,12H2,2-3H3,(H,19,20)/t14-/m1/s1.